The molecular formula is C13H19NO3. The molecule has 1 aromatic rings. The number of aryl methyl sites for hydroxylation is 1. The van der Waals surface area contributed by atoms with Crippen LogP contribution in [0.1, 0.15) is 18.1 Å². The lowest BCUT2D eigenvalue weighted by molar-refractivity contribution is -0.147. The molecule has 2 N–H and O–H groups in total. The Morgan fingerprint density at radius 3 is 2.76 bits per heavy atom. The highest BCUT2D eigenvalue weighted by Gasteiger charge is 2.16. The van der Waals surface area contributed by atoms with Crippen LogP contribution in [0, 0.1) is 6.92 Å². The van der Waals surface area contributed by atoms with Gasteiger partial charge in [0.2, 0.25) is 0 Å². The first kappa shape index (κ1) is 13.5. The van der Waals surface area contributed by atoms with Crippen molar-refractivity contribution < 1.29 is 14.3 Å². The van der Waals surface area contributed by atoms with E-state index in [-0.39, 0.29) is 5.97 Å². The maximum atomic E-state index is 11.3. The van der Waals surface area contributed by atoms with Crippen molar-refractivity contribution in [1.82, 2.24) is 0 Å². The Hall–Kier alpha value is -1.55. The van der Waals surface area contributed by atoms with Gasteiger partial charge in [-0.25, -0.2) is 4.79 Å². The molecule has 4 nitrogen and oxygen atoms in total. The molecule has 4 heteroatoms. The van der Waals surface area contributed by atoms with E-state index < -0.39 is 6.10 Å². The van der Waals surface area contributed by atoms with Crippen LogP contribution in [0.25, 0.3) is 0 Å². The van der Waals surface area contributed by atoms with Crippen LogP contribution in [-0.4, -0.2) is 25.7 Å². The Balaban J connectivity index is 2.85. The summed E-state index contributed by atoms with van der Waals surface area (Å²) in [5.74, 6) is 0.309. The highest BCUT2D eigenvalue weighted by atomic mass is 16.6. The molecule has 0 spiro atoms. The first-order valence-corrected chi connectivity index (χ1v) is 5.62. The molecule has 0 saturated carbocycles. The summed E-state index contributed by atoms with van der Waals surface area (Å²) in [6, 6.07) is 5.82. The summed E-state index contributed by atoms with van der Waals surface area (Å²) in [5.41, 5.74) is 7.71. The van der Waals surface area contributed by atoms with Gasteiger partial charge in [-0.05, 0) is 38.4 Å². The average Bonchev–Trinajstić information content (AvgIpc) is 2.31. The second-order valence-corrected chi connectivity index (χ2v) is 3.93. The topological polar surface area (TPSA) is 61.5 Å². The molecule has 1 aromatic carbocycles. The normalized spacial score (nSPS) is 12.0. The van der Waals surface area contributed by atoms with Crippen molar-refractivity contribution in [3.8, 4) is 5.75 Å². The van der Waals surface area contributed by atoms with Gasteiger partial charge in [0.1, 0.15) is 5.75 Å². The van der Waals surface area contributed by atoms with Gasteiger partial charge in [-0.1, -0.05) is 17.7 Å². The second kappa shape index (κ2) is 6.25. The molecule has 0 fully saturated rings. The van der Waals surface area contributed by atoms with Crippen LogP contribution in [0.15, 0.2) is 18.2 Å². The lowest BCUT2D eigenvalue weighted by atomic mass is 10.1. The lowest BCUT2D eigenvalue weighted by Gasteiger charge is -2.16. The quantitative estimate of drug-likeness (QED) is 0.787. The smallest absolute Gasteiger partial charge is 0.346 e. The predicted octanol–water partition coefficient (Wildman–Crippen LogP) is 1.44. The molecule has 0 aliphatic rings. The van der Waals surface area contributed by atoms with Gasteiger partial charge in [0.25, 0.3) is 0 Å². The zero-order valence-electron chi connectivity index (χ0n) is 10.5. The van der Waals surface area contributed by atoms with Crippen LogP contribution >= 0.6 is 0 Å². The summed E-state index contributed by atoms with van der Waals surface area (Å²) >= 11 is 0. The predicted molar refractivity (Wildman–Crippen MR) is 66.0 cm³/mol. The van der Waals surface area contributed by atoms with Crippen molar-refractivity contribution >= 4 is 5.97 Å². The Labute approximate surface area is 102 Å². The van der Waals surface area contributed by atoms with Crippen LogP contribution in [0.3, 0.4) is 0 Å². The zero-order chi connectivity index (χ0) is 12.8. The standard InChI is InChI=1S/C13H19NO3/c1-9-4-5-12(11(8-9)6-7-14)17-10(2)13(15)16-3/h4-5,8,10H,6-7,14H2,1-3H3. The fourth-order valence-corrected chi connectivity index (χ4v) is 1.58. The number of esters is 1. The van der Waals surface area contributed by atoms with E-state index in [1.54, 1.807) is 6.92 Å². The van der Waals surface area contributed by atoms with E-state index in [1.165, 1.54) is 7.11 Å². The minimum atomic E-state index is -0.612. The Morgan fingerprint density at radius 2 is 2.18 bits per heavy atom. The summed E-state index contributed by atoms with van der Waals surface area (Å²) in [7, 11) is 1.35. The molecule has 0 amide bonds. The van der Waals surface area contributed by atoms with Crippen LogP contribution in [0.2, 0.25) is 0 Å². The van der Waals surface area contributed by atoms with E-state index in [4.69, 9.17) is 10.5 Å². The summed E-state index contributed by atoms with van der Waals surface area (Å²) in [4.78, 5) is 11.3. The molecule has 0 aromatic heterocycles. The number of rotatable bonds is 5. The van der Waals surface area contributed by atoms with Gasteiger partial charge in [-0.3, -0.25) is 0 Å². The molecule has 0 heterocycles. The van der Waals surface area contributed by atoms with E-state index in [0.29, 0.717) is 12.3 Å². The first-order chi connectivity index (χ1) is 8.08. The van der Waals surface area contributed by atoms with Crippen molar-refractivity contribution in [3.05, 3.63) is 29.3 Å². The minimum Gasteiger partial charge on any atom is -0.479 e. The van der Waals surface area contributed by atoms with E-state index in [1.807, 2.05) is 25.1 Å². The van der Waals surface area contributed by atoms with Crippen LogP contribution < -0.4 is 10.5 Å². The number of carbonyl (C=O) groups is 1. The number of carbonyl (C=O) groups excluding carboxylic acids is 1. The van der Waals surface area contributed by atoms with Gasteiger partial charge >= 0.3 is 5.97 Å². The number of hydrogen-bond donors (Lipinski definition) is 1. The van der Waals surface area contributed by atoms with Gasteiger partial charge in [-0.15, -0.1) is 0 Å². The Kier molecular flexibility index (Phi) is 4.97. The van der Waals surface area contributed by atoms with Gasteiger partial charge in [0, 0.05) is 0 Å². The molecule has 0 bridgehead atoms. The molecule has 1 atom stereocenters. The molecule has 1 rings (SSSR count). The molecule has 0 aliphatic heterocycles. The largest absolute Gasteiger partial charge is 0.479 e. The number of methoxy groups -OCH3 is 1. The number of ether oxygens (including phenoxy) is 2. The Morgan fingerprint density at radius 1 is 1.47 bits per heavy atom. The monoisotopic (exact) mass is 237 g/mol. The average molecular weight is 237 g/mol. The van der Waals surface area contributed by atoms with Crippen molar-refractivity contribution in [2.24, 2.45) is 5.73 Å². The number of benzene rings is 1. The van der Waals surface area contributed by atoms with Crippen molar-refractivity contribution in [1.29, 1.82) is 0 Å². The van der Waals surface area contributed by atoms with Gasteiger partial charge in [-0.2, -0.15) is 0 Å². The van der Waals surface area contributed by atoms with Crippen LogP contribution in [0.4, 0.5) is 0 Å². The summed E-state index contributed by atoms with van der Waals surface area (Å²) in [6.45, 7) is 4.22. The van der Waals surface area contributed by atoms with Crippen LogP contribution in [0.5, 0.6) is 5.75 Å². The fraction of sp³-hybridized carbons (Fsp3) is 0.462. The van der Waals surface area contributed by atoms with Gasteiger partial charge in [0.15, 0.2) is 6.10 Å². The van der Waals surface area contributed by atoms with E-state index >= 15 is 0 Å². The van der Waals surface area contributed by atoms with Gasteiger partial charge in [0.05, 0.1) is 7.11 Å². The van der Waals surface area contributed by atoms with Gasteiger partial charge < -0.3 is 15.2 Å². The summed E-state index contributed by atoms with van der Waals surface area (Å²) in [6.07, 6.45) is 0.115. The maximum absolute atomic E-state index is 11.3. The SMILES string of the molecule is COC(=O)C(C)Oc1ccc(C)cc1CCN. The third-order valence-corrected chi connectivity index (χ3v) is 2.47. The molecule has 0 aliphatic carbocycles. The third kappa shape index (κ3) is 3.75. The maximum Gasteiger partial charge on any atom is 0.346 e. The molecule has 17 heavy (non-hydrogen) atoms. The van der Waals surface area contributed by atoms with E-state index in [2.05, 4.69) is 4.74 Å². The first-order valence-electron chi connectivity index (χ1n) is 5.62. The van der Waals surface area contributed by atoms with Crippen LogP contribution in [-0.2, 0) is 16.0 Å². The molecule has 0 radical (unpaired) electrons. The summed E-state index contributed by atoms with van der Waals surface area (Å²) < 4.78 is 10.2. The molecule has 1 unspecified atom stereocenters. The Bertz CT molecular complexity index is 390. The van der Waals surface area contributed by atoms with E-state index in [0.717, 1.165) is 17.5 Å². The highest BCUT2D eigenvalue weighted by molar-refractivity contribution is 5.74. The molecular weight excluding hydrogens is 218 g/mol. The third-order valence-electron chi connectivity index (χ3n) is 2.47. The van der Waals surface area contributed by atoms with E-state index in [9.17, 15) is 4.79 Å². The number of nitrogens with two attached hydrogens (primary N) is 1. The molecule has 0 saturated heterocycles. The van der Waals surface area contributed by atoms with Crippen molar-refractivity contribution in [2.45, 2.75) is 26.4 Å². The molecule has 94 valence electrons. The van der Waals surface area contributed by atoms with Crippen molar-refractivity contribution in [3.63, 3.8) is 0 Å². The fourth-order valence-electron chi connectivity index (χ4n) is 1.58. The summed E-state index contributed by atoms with van der Waals surface area (Å²) in [5, 5.41) is 0. The second-order valence-electron chi connectivity index (χ2n) is 3.93. The number of hydrogen-bond acceptors (Lipinski definition) is 4. The van der Waals surface area contributed by atoms with Crippen molar-refractivity contribution in [2.75, 3.05) is 13.7 Å². The minimum absolute atomic E-state index is 0.385. The zero-order valence-corrected chi connectivity index (χ0v) is 10.5. The lowest BCUT2D eigenvalue weighted by Crippen LogP contribution is -2.25. The highest BCUT2D eigenvalue weighted by Crippen LogP contribution is 2.21.